The quantitative estimate of drug-likeness (QED) is 0.905. The number of nitrogens with zero attached hydrogens (tertiary/aromatic N) is 1. The molecule has 19 heavy (non-hydrogen) atoms. The second kappa shape index (κ2) is 5.88. The Morgan fingerprint density at radius 3 is 2.84 bits per heavy atom. The lowest BCUT2D eigenvalue weighted by molar-refractivity contribution is 0.0435. The van der Waals surface area contributed by atoms with Gasteiger partial charge in [-0.05, 0) is 27.2 Å². The molecule has 1 aliphatic heterocycles. The van der Waals surface area contributed by atoms with Crippen LogP contribution >= 0.6 is 0 Å². The Bertz CT molecular complexity index is 447. The number of aryl methyl sites for hydroxylation is 1. The first-order valence-corrected chi connectivity index (χ1v) is 6.83. The highest BCUT2D eigenvalue weighted by Gasteiger charge is 2.31. The SMILES string of the molecule is COc1c(C)cnc(CC(O)C2CCOC2C)c1C. The van der Waals surface area contributed by atoms with Gasteiger partial charge in [0.15, 0.2) is 0 Å². The molecule has 0 aliphatic carbocycles. The van der Waals surface area contributed by atoms with E-state index >= 15 is 0 Å². The van der Waals surface area contributed by atoms with Gasteiger partial charge >= 0.3 is 0 Å². The molecule has 0 aromatic carbocycles. The average Bonchev–Trinajstić information content (AvgIpc) is 2.80. The molecular formula is C15H23NO3. The molecule has 1 aliphatic rings. The van der Waals surface area contributed by atoms with E-state index in [4.69, 9.17) is 9.47 Å². The van der Waals surface area contributed by atoms with E-state index in [0.717, 1.165) is 35.6 Å². The van der Waals surface area contributed by atoms with E-state index < -0.39 is 6.10 Å². The summed E-state index contributed by atoms with van der Waals surface area (Å²) in [6.07, 6.45) is 3.01. The largest absolute Gasteiger partial charge is 0.496 e. The molecule has 0 radical (unpaired) electrons. The van der Waals surface area contributed by atoms with Crippen LogP contribution in [-0.2, 0) is 11.2 Å². The Kier molecular flexibility index (Phi) is 4.42. The van der Waals surface area contributed by atoms with Gasteiger partial charge in [-0.3, -0.25) is 4.98 Å². The molecule has 0 amide bonds. The molecule has 1 aromatic rings. The lowest BCUT2D eigenvalue weighted by atomic mass is 9.91. The van der Waals surface area contributed by atoms with Gasteiger partial charge in [0.2, 0.25) is 0 Å². The number of rotatable bonds is 4. The second-order valence-corrected chi connectivity index (χ2v) is 5.35. The second-order valence-electron chi connectivity index (χ2n) is 5.35. The Hall–Kier alpha value is -1.13. The maximum atomic E-state index is 10.4. The topological polar surface area (TPSA) is 51.6 Å². The predicted molar refractivity (Wildman–Crippen MR) is 73.5 cm³/mol. The number of methoxy groups -OCH3 is 1. The minimum Gasteiger partial charge on any atom is -0.496 e. The van der Waals surface area contributed by atoms with Gasteiger partial charge in [0, 0.05) is 42.0 Å². The van der Waals surface area contributed by atoms with Gasteiger partial charge in [0.1, 0.15) is 5.75 Å². The number of pyridine rings is 1. The van der Waals surface area contributed by atoms with Crippen LogP contribution in [0.4, 0.5) is 0 Å². The summed E-state index contributed by atoms with van der Waals surface area (Å²) in [5.41, 5.74) is 2.96. The smallest absolute Gasteiger partial charge is 0.128 e. The maximum absolute atomic E-state index is 10.4. The summed E-state index contributed by atoms with van der Waals surface area (Å²) in [5.74, 6) is 1.07. The van der Waals surface area contributed by atoms with Gasteiger partial charge in [-0.1, -0.05) is 0 Å². The minimum absolute atomic E-state index is 0.127. The lowest BCUT2D eigenvalue weighted by Gasteiger charge is -2.22. The summed E-state index contributed by atoms with van der Waals surface area (Å²) >= 11 is 0. The number of aliphatic hydroxyl groups is 1. The summed E-state index contributed by atoms with van der Waals surface area (Å²) < 4.78 is 10.9. The van der Waals surface area contributed by atoms with Crippen molar-refractivity contribution < 1.29 is 14.6 Å². The van der Waals surface area contributed by atoms with Crippen LogP contribution in [0.2, 0.25) is 0 Å². The molecule has 3 atom stereocenters. The van der Waals surface area contributed by atoms with E-state index in [1.165, 1.54) is 0 Å². The highest BCUT2D eigenvalue weighted by Crippen LogP contribution is 2.29. The van der Waals surface area contributed by atoms with E-state index in [2.05, 4.69) is 4.98 Å². The Labute approximate surface area is 114 Å². The standard InChI is InChI=1S/C15H23NO3/c1-9-8-16-13(10(2)15(9)18-4)7-14(17)12-5-6-19-11(12)3/h8,11-12,14,17H,5-7H2,1-4H3. The molecule has 2 rings (SSSR count). The first kappa shape index (κ1) is 14.3. The van der Waals surface area contributed by atoms with Crippen LogP contribution in [0.3, 0.4) is 0 Å². The van der Waals surface area contributed by atoms with Gasteiger partial charge < -0.3 is 14.6 Å². The van der Waals surface area contributed by atoms with Crippen molar-refractivity contribution in [1.82, 2.24) is 4.98 Å². The van der Waals surface area contributed by atoms with Crippen LogP contribution in [-0.4, -0.2) is 36.0 Å². The van der Waals surface area contributed by atoms with Crippen molar-refractivity contribution in [3.05, 3.63) is 23.0 Å². The molecule has 1 aromatic heterocycles. The minimum atomic E-state index is -0.406. The van der Waals surface area contributed by atoms with Crippen LogP contribution in [0.15, 0.2) is 6.20 Å². The van der Waals surface area contributed by atoms with Crippen LogP contribution in [0.25, 0.3) is 0 Å². The van der Waals surface area contributed by atoms with Crippen molar-refractivity contribution >= 4 is 0 Å². The highest BCUT2D eigenvalue weighted by molar-refractivity contribution is 5.41. The van der Waals surface area contributed by atoms with E-state index in [1.54, 1.807) is 7.11 Å². The molecule has 1 N–H and O–H groups in total. The van der Waals surface area contributed by atoms with E-state index in [0.29, 0.717) is 6.42 Å². The lowest BCUT2D eigenvalue weighted by Crippen LogP contribution is -2.28. The van der Waals surface area contributed by atoms with Gasteiger partial charge in [-0.15, -0.1) is 0 Å². The molecule has 0 spiro atoms. The van der Waals surface area contributed by atoms with Crippen LogP contribution in [0.1, 0.15) is 30.2 Å². The Morgan fingerprint density at radius 1 is 1.53 bits per heavy atom. The summed E-state index contributed by atoms with van der Waals surface area (Å²) in [4.78, 5) is 4.44. The third-order valence-electron chi connectivity index (χ3n) is 4.08. The summed E-state index contributed by atoms with van der Waals surface area (Å²) in [6.45, 7) is 6.74. The van der Waals surface area contributed by atoms with Crippen molar-refractivity contribution in [3.63, 3.8) is 0 Å². The molecule has 106 valence electrons. The summed E-state index contributed by atoms with van der Waals surface area (Å²) in [7, 11) is 1.67. The van der Waals surface area contributed by atoms with Crippen molar-refractivity contribution in [2.45, 2.75) is 45.8 Å². The maximum Gasteiger partial charge on any atom is 0.128 e. The highest BCUT2D eigenvalue weighted by atomic mass is 16.5. The molecule has 1 fully saturated rings. The molecule has 1 saturated heterocycles. The zero-order chi connectivity index (χ0) is 14.0. The van der Waals surface area contributed by atoms with Crippen molar-refractivity contribution in [2.75, 3.05) is 13.7 Å². The van der Waals surface area contributed by atoms with E-state index in [1.807, 2.05) is 27.0 Å². The van der Waals surface area contributed by atoms with Gasteiger partial charge in [-0.2, -0.15) is 0 Å². The number of aromatic nitrogens is 1. The molecule has 2 heterocycles. The van der Waals surface area contributed by atoms with Crippen molar-refractivity contribution in [1.29, 1.82) is 0 Å². The average molecular weight is 265 g/mol. The van der Waals surface area contributed by atoms with Gasteiger partial charge in [0.25, 0.3) is 0 Å². The molecule has 0 saturated carbocycles. The third kappa shape index (κ3) is 2.90. The molecular weight excluding hydrogens is 242 g/mol. The fourth-order valence-corrected chi connectivity index (χ4v) is 2.88. The fraction of sp³-hybridized carbons (Fsp3) is 0.667. The van der Waals surface area contributed by atoms with Crippen molar-refractivity contribution in [3.8, 4) is 5.75 Å². The van der Waals surface area contributed by atoms with Crippen LogP contribution < -0.4 is 4.74 Å². The van der Waals surface area contributed by atoms with Crippen LogP contribution in [0, 0.1) is 19.8 Å². The van der Waals surface area contributed by atoms with E-state index in [-0.39, 0.29) is 12.0 Å². The van der Waals surface area contributed by atoms with Crippen LogP contribution in [0.5, 0.6) is 5.75 Å². The molecule has 4 nitrogen and oxygen atoms in total. The number of hydrogen-bond acceptors (Lipinski definition) is 4. The van der Waals surface area contributed by atoms with Gasteiger partial charge in [-0.25, -0.2) is 0 Å². The monoisotopic (exact) mass is 265 g/mol. The Morgan fingerprint density at radius 2 is 2.26 bits per heavy atom. The molecule has 0 bridgehead atoms. The normalized spacial score (nSPS) is 24.5. The first-order valence-electron chi connectivity index (χ1n) is 6.83. The molecule has 4 heteroatoms. The molecule has 3 unspecified atom stereocenters. The number of hydrogen-bond donors (Lipinski definition) is 1. The zero-order valence-corrected chi connectivity index (χ0v) is 12.1. The third-order valence-corrected chi connectivity index (χ3v) is 4.08. The van der Waals surface area contributed by atoms with Crippen molar-refractivity contribution in [2.24, 2.45) is 5.92 Å². The number of aliphatic hydroxyl groups excluding tert-OH is 1. The van der Waals surface area contributed by atoms with Gasteiger partial charge in [0.05, 0.1) is 19.3 Å². The van der Waals surface area contributed by atoms with E-state index in [9.17, 15) is 5.11 Å². The Balaban J connectivity index is 2.15. The summed E-state index contributed by atoms with van der Waals surface area (Å²) in [5, 5.41) is 10.4. The fourth-order valence-electron chi connectivity index (χ4n) is 2.88. The first-order chi connectivity index (χ1) is 9.04. The zero-order valence-electron chi connectivity index (χ0n) is 12.1. The summed E-state index contributed by atoms with van der Waals surface area (Å²) in [6, 6.07) is 0. The predicted octanol–water partition coefficient (Wildman–Crippen LogP) is 2.04. The number of ether oxygens (including phenoxy) is 2.